The molecule has 3 heterocycles. The van der Waals surface area contributed by atoms with Crippen LogP contribution in [0.4, 0.5) is 5.95 Å². The van der Waals surface area contributed by atoms with Crippen LogP contribution in [-0.4, -0.2) is 51.8 Å². The van der Waals surface area contributed by atoms with Gasteiger partial charge in [0.2, 0.25) is 5.95 Å². The zero-order valence-corrected chi connectivity index (χ0v) is 16.3. The van der Waals surface area contributed by atoms with Gasteiger partial charge in [-0.2, -0.15) is 5.10 Å². The van der Waals surface area contributed by atoms with Gasteiger partial charge in [-0.3, -0.25) is 9.69 Å². The van der Waals surface area contributed by atoms with Crippen LogP contribution >= 0.6 is 0 Å². The van der Waals surface area contributed by atoms with Crippen LogP contribution in [0.5, 0.6) is 0 Å². The Balaban J connectivity index is 1.31. The topological polar surface area (TPSA) is 67.2 Å². The van der Waals surface area contributed by atoms with Gasteiger partial charge in [0.15, 0.2) is 0 Å². The van der Waals surface area contributed by atoms with Crippen LogP contribution in [0, 0.1) is 5.92 Å². The molecule has 0 saturated carbocycles. The van der Waals surface area contributed by atoms with Crippen molar-refractivity contribution in [2.45, 2.75) is 45.2 Å². The molecule has 1 saturated heterocycles. The number of hydrogen-bond donors (Lipinski definition) is 0. The van der Waals surface area contributed by atoms with Gasteiger partial charge in [-0.05, 0) is 56.7 Å². The number of anilines is 1. The summed E-state index contributed by atoms with van der Waals surface area (Å²) >= 11 is 0. The summed E-state index contributed by atoms with van der Waals surface area (Å²) in [5.74, 6) is 1.27. The maximum absolute atomic E-state index is 12.3. The zero-order valence-electron chi connectivity index (χ0n) is 16.3. The Morgan fingerprint density at radius 2 is 1.89 bits per heavy atom. The van der Waals surface area contributed by atoms with Crippen LogP contribution in [0.2, 0.25) is 0 Å². The van der Waals surface area contributed by atoms with Gasteiger partial charge in [0, 0.05) is 51.2 Å². The molecule has 1 fully saturated rings. The largest absolute Gasteiger partial charge is 0.347 e. The zero-order chi connectivity index (χ0) is 18.8. The third-order valence-electron chi connectivity index (χ3n) is 5.66. The number of nitrogens with zero attached hydrogens (tertiary/aromatic N) is 6. The Labute approximate surface area is 160 Å². The highest BCUT2D eigenvalue weighted by atomic mass is 16.1. The minimum absolute atomic E-state index is 0.0659. The van der Waals surface area contributed by atoms with E-state index in [2.05, 4.69) is 20.0 Å². The summed E-state index contributed by atoms with van der Waals surface area (Å²) in [5, 5.41) is 4.63. The van der Waals surface area contributed by atoms with Crippen LogP contribution in [0.15, 0.2) is 23.3 Å². The molecule has 2 aliphatic rings. The van der Waals surface area contributed by atoms with Crippen molar-refractivity contribution in [2.24, 2.45) is 5.92 Å². The van der Waals surface area contributed by atoms with Gasteiger partial charge in [0.25, 0.3) is 5.56 Å². The second-order valence-corrected chi connectivity index (χ2v) is 8.00. The lowest BCUT2D eigenvalue weighted by molar-refractivity contribution is 0.163. The van der Waals surface area contributed by atoms with Gasteiger partial charge in [-0.25, -0.2) is 14.6 Å². The molecule has 1 aliphatic heterocycles. The highest BCUT2D eigenvalue weighted by molar-refractivity contribution is 5.26. The first kappa shape index (κ1) is 18.1. The SMILES string of the molecule is CN(C)c1ncc(CN2CCC(Cn3nc4c(cc3=O)CCC4)CC2)cn1. The second-order valence-electron chi connectivity index (χ2n) is 8.00. The van der Waals surface area contributed by atoms with Gasteiger partial charge >= 0.3 is 0 Å². The number of hydrogen-bond acceptors (Lipinski definition) is 6. The number of aryl methyl sites for hydroxylation is 2. The maximum atomic E-state index is 12.3. The van der Waals surface area contributed by atoms with E-state index in [4.69, 9.17) is 0 Å². The highest BCUT2D eigenvalue weighted by Gasteiger charge is 2.22. The summed E-state index contributed by atoms with van der Waals surface area (Å²) in [6.45, 7) is 3.72. The van der Waals surface area contributed by atoms with Crippen molar-refractivity contribution in [3.63, 3.8) is 0 Å². The lowest BCUT2D eigenvalue weighted by atomic mass is 9.96. The van der Waals surface area contributed by atoms with E-state index in [-0.39, 0.29) is 5.56 Å². The van der Waals surface area contributed by atoms with E-state index in [1.165, 1.54) is 0 Å². The Hall–Kier alpha value is -2.28. The number of aromatic nitrogens is 4. The maximum Gasteiger partial charge on any atom is 0.267 e. The molecule has 0 bridgehead atoms. The summed E-state index contributed by atoms with van der Waals surface area (Å²) in [4.78, 5) is 25.4. The molecule has 7 nitrogen and oxygen atoms in total. The van der Waals surface area contributed by atoms with E-state index >= 15 is 0 Å². The van der Waals surface area contributed by atoms with Crippen molar-refractivity contribution in [1.82, 2.24) is 24.6 Å². The van der Waals surface area contributed by atoms with Crippen LogP contribution in [0.25, 0.3) is 0 Å². The van der Waals surface area contributed by atoms with E-state index in [9.17, 15) is 4.79 Å². The minimum Gasteiger partial charge on any atom is -0.347 e. The van der Waals surface area contributed by atoms with Gasteiger partial charge in [-0.1, -0.05) is 0 Å². The van der Waals surface area contributed by atoms with Crippen molar-refractivity contribution < 1.29 is 0 Å². The third kappa shape index (κ3) is 4.18. The highest BCUT2D eigenvalue weighted by Crippen LogP contribution is 2.21. The fraction of sp³-hybridized carbons (Fsp3) is 0.600. The Bertz CT molecular complexity index is 837. The molecule has 0 N–H and O–H groups in total. The first-order chi connectivity index (χ1) is 13.1. The summed E-state index contributed by atoms with van der Waals surface area (Å²) in [7, 11) is 3.89. The van der Waals surface area contributed by atoms with Crippen LogP contribution in [0.3, 0.4) is 0 Å². The van der Waals surface area contributed by atoms with Crippen molar-refractivity contribution in [2.75, 3.05) is 32.1 Å². The number of likely N-dealkylation sites (tertiary alicyclic amines) is 1. The molecule has 0 aromatic carbocycles. The molecule has 2 aromatic rings. The van der Waals surface area contributed by atoms with Crippen molar-refractivity contribution >= 4 is 5.95 Å². The number of piperidine rings is 1. The van der Waals surface area contributed by atoms with E-state index in [1.807, 2.05) is 37.5 Å². The molecule has 1 aliphatic carbocycles. The van der Waals surface area contributed by atoms with Gasteiger partial charge in [0.05, 0.1) is 5.69 Å². The predicted octanol–water partition coefficient (Wildman–Crippen LogP) is 1.50. The quantitative estimate of drug-likeness (QED) is 0.797. The van der Waals surface area contributed by atoms with Crippen molar-refractivity contribution in [1.29, 1.82) is 0 Å². The average molecular weight is 368 g/mol. The Kier molecular flexibility index (Phi) is 5.20. The smallest absolute Gasteiger partial charge is 0.267 e. The molecule has 144 valence electrons. The summed E-state index contributed by atoms with van der Waals surface area (Å²) in [6, 6.07) is 1.81. The summed E-state index contributed by atoms with van der Waals surface area (Å²) < 4.78 is 1.71. The predicted molar refractivity (Wildman–Crippen MR) is 105 cm³/mol. The number of fused-ring (bicyclic) bond motifs is 1. The standard InChI is InChI=1S/C20H28N6O/c1-24(2)20-21-11-16(12-22-20)13-25-8-6-15(7-9-25)14-26-19(27)10-17-4-3-5-18(17)23-26/h10-12,15H,3-9,13-14H2,1-2H3. The molecule has 4 rings (SSSR count). The Morgan fingerprint density at radius 3 is 2.59 bits per heavy atom. The fourth-order valence-electron chi connectivity index (χ4n) is 4.06. The van der Waals surface area contributed by atoms with Crippen LogP contribution in [-0.2, 0) is 25.9 Å². The second kappa shape index (κ2) is 7.76. The molecule has 0 radical (unpaired) electrons. The fourth-order valence-corrected chi connectivity index (χ4v) is 4.06. The van der Waals surface area contributed by atoms with E-state index in [0.717, 1.165) is 81.1 Å². The van der Waals surface area contributed by atoms with E-state index in [0.29, 0.717) is 5.92 Å². The molecule has 27 heavy (non-hydrogen) atoms. The van der Waals surface area contributed by atoms with E-state index < -0.39 is 0 Å². The molecule has 0 amide bonds. The average Bonchev–Trinajstić information content (AvgIpc) is 3.11. The Morgan fingerprint density at radius 1 is 1.15 bits per heavy atom. The lowest BCUT2D eigenvalue weighted by Crippen LogP contribution is -2.36. The van der Waals surface area contributed by atoms with Crippen LogP contribution in [0.1, 0.15) is 36.1 Å². The molecular formula is C20H28N6O. The third-order valence-corrected chi connectivity index (χ3v) is 5.66. The number of rotatable bonds is 5. The molecule has 2 aromatic heterocycles. The summed E-state index contributed by atoms with van der Waals surface area (Å²) in [6.07, 6.45) is 9.19. The minimum atomic E-state index is 0.0659. The molecular weight excluding hydrogens is 340 g/mol. The van der Waals surface area contributed by atoms with Crippen molar-refractivity contribution in [3.8, 4) is 0 Å². The first-order valence-corrected chi connectivity index (χ1v) is 9.89. The van der Waals surface area contributed by atoms with Crippen LogP contribution < -0.4 is 10.5 Å². The normalized spacial score (nSPS) is 17.9. The van der Waals surface area contributed by atoms with Gasteiger partial charge in [-0.15, -0.1) is 0 Å². The summed E-state index contributed by atoms with van der Waals surface area (Å²) in [5.41, 5.74) is 3.51. The molecule has 0 unspecified atom stereocenters. The molecule has 0 atom stereocenters. The monoisotopic (exact) mass is 368 g/mol. The lowest BCUT2D eigenvalue weighted by Gasteiger charge is -2.31. The van der Waals surface area contributed by atoms with Crippen molar-refractivity contribution in [3.05, 3.63) is 45.6 Å². The first-order valence-electron chi connectivity index (χ1n) is 9.89. The van der Waals surface area contributed by atoms with Gasteiger partial charge in [0.1, 0.15) is 0 Å². The molecule has 0 spiro atoms. The van der Waals surface area contributed by atoms with Gasteiger partial charge < -0.3 is 4.90 Å². The molecule has 7 heteroatoms. The van der Waals surface area contributed by atoms with E-state index in [1.54, 1.807) is 4.68 Å².